The van der Waals surface area contributed by atoms with Gasteiger partial charge in [0.05, 0.1) is 23.9 Å². The number of morpholine rings is 1. The number of rotatable bonds is 4. The van der Waals surface area contributed by atoms with Crippen LogP contribution >= 0.6 is 11.6 Å². The van der Waals surface area contributed by atoms with Gasteiger partial charge in [-0.25, -0.2) is 9.97 Å². The van der Waals surface area contributed by atoms with Gasteiger partial charge in [-0.2, -0.15) is 0 Å². The third-order valence-corrected chi connectivity index (χ3v) is 4.81. The zero-order chi connectivity index (χ0) is 18.8. The molecule has 1 N–H and O–H groups in total. The minimum atomic E-state index is -0.195. The maximum atomic E-state index is 12.8. The molecular formula is C19H20ClN5O2. The van der Waals surface area contributed by atoms with Gasteiger partial charge in [0.15, 0.2) is 0 Å². The first kappa shape index (κ1) is 17.8. The molecule has 0 radical (unpaired) electrons. The van der Waals surface area contributed by atoms with E-state index < -0.39 is 0 Å². The number of aryl methyl sites for hydroxylation is 1. The maximum absolute atomic E-state index is 12.8. The molecule has 3 aromatic rings. The number of aromatic nitrogens is 3. The number of fused-ring (bicyclic) bond motifs is 1. The molecular weight excluding hydrogens is 366 g/mol. The molecule has 1 aliphatic heterocycles. The molecule has 0 aromatic carbocycles. The number of imidazole rings is 1. The monoisotopic (exact) mass is 385 g/mol. The van der Waals surface area contributed by atoms with Crippen LogP contribution in [-0.2, 0) is 11.3 Å². The van der Waals surface area contributed by atoms with Gasteiger partial charge in [-0.15, -0.1) is 0 Å². The molecule has 140 valence electrons. The van der Waals surface area contributed by atoms with Gasteiger partial charge in [0.25, 0.3) is 5.91 Å². The summed E-state index contributed by atoms with van der Waals surface area (Å²) in [6.45, 7) is 5.16. The summed E-state index contributed by atoms with van der Waals surface area (Å²) in [5.41, 5.74) is 2.81. The highest BCUT2D eigenvalue weighted by molar-refractivity contribution is 6.30. The highest BCUT2D eigenvalue weighted by Gasteiger charge is 2.19. The van der Waals surface area contributed by atoms with Gasteiger partial charge in [0.1, 0.15) is 17.2 Å². The van der Waals surface area contributed by atoms with Crippen LogP contribution < -0.4 is 10.2 Å². The molecule has 1 aliphatic rings. The van der Waals surface area contributed by atoms with Gasteiger partial charge in [0.2, 0.25) is 0 Å². The van der Waals surface area contributed by atoms with E-state index in [2.05, 4.69) is 20.2 Å². The number of amides is 1. The Bertz CT molecular complexity index is 981. The van der Waals surface area contributed by atoms with Gasteiger partial charge in [-0.3, -0.25) is 9.20 Å². The summed E-state index contributed by atoms with van der Waals surface area (Å²) in [4.78, 5) is 24.0. The number of nitrogens with one attached hydrogen (secondary N) is 1. The molecule has 0 unspecified atom stereocenters. The average Bonchev–Trinajstić information content (AvgIpc) is 3.02. The summed E-state index contributed by atoms with van der Waals surface area (Å²) in [6.07, 6.45) is 3.47. The summed E-state index contributed by atoms with van der Waals surface area (Å²) >= 11 is 6.08. The highest BCUT2D eigenvalue weighted by atomic mass is 35.5. The minimum absolute atomic E-state index is 0.195. The second-order valence-corrected chi connectivity index (χ2v) is 6.83. The van der Waals surface area contributed by atoms with Gasteiger partial charge >= 0.3 is 0 Å². The molecule has 7 nitrogen and oxygen atoms in total. The lowest BCUT2D eigenvalue weighted by Gasteiger charge is -2.29. The summed E-state index contributed by atoms with van der Waals surface area (Å²) in [5.74, 6) is 0.693. The Morgan fingerprint density at radius 1 is 1.30 bits per heavy atom. The van der Waals surface area contributed by atoms with Gasteiger partial charge in [-0.05, 0) is 25.1 Å². The first-order valence-corrected chi connectivity index (χ1v) is 9.20. The van der Waals surface area contributed by atoms with Crippen molar-refractivity contribution in [1.82, 2.24) is 19.7 Å². The van der Waals surface area contributed by atoms with E-state index in [9.17, 15) is 4.79 Å². The van der Waals surface area contributed by atoms with Crippen LogP contribution in [0.3, 0.4) is 0 Å². The third-order valence-electron chi connectivity index (χ3n) is 4.59. The molecule has 1 fully saturated rings. The zero-order valence-corrected chi connectivity index (χ0v) is 15.7. The number of anilines is 1. The fourth-order valence-corrected chi connectivity index (χ4v) is 3.46. The van der Waals surface area contributed by atoms with Gasteiger partial charge < -0.3 is 15.0 Å². The summed E-state index contributed by atoms with van der Waals surface area (Å²) in [7, 11) is 0. The van der Waals surface area contributed by atoms with Crippen LogP contribution in [0.15, 0.2) is 36.7 Å². The molecule has 4 heterocycles. The van der Waals surface area contributed by atoms with Crippen LogP contribution in [0.25, 0.3) is 5.65 Å². The molecule has 8 heteroatoms. The SMILES string of the molecule is Cc1nc2ccc(Cl)cn2c1C(=O)NCc1cccnc1N1CCOCC1. The van der Waals surface area contributed by atoms with Crippen molar-refractivity contribution in [3.63, 3.8) is 0 Å². The number of pyridine rings is 2. The number of nitrogens with zero attached hydrogens (tertiary/aromatic N) is 4. The number of ether oxygens (including phenoxy) is 1. The second-order valence-electron chi connectivity index (χ2n) is 6.39. The van der Waals surface area contributed by atoms with Gasteiger partial charge in [0, 0.05) is 37.6 Å². The van der Waals surface area contributed by atoms with Gasteiger partial charge in [-0.1, -0.05) is 17.7 Å². The van der Waals surface area contributed by atoms with Crippen molar-refractivity contribution >= 4 is 29.0 Å². The van der Waals surface area contributed by atoms with Crippen LogP contribution in [0.2, 0.25) is 5.02 Å². The Balaban J connectivity index is 1.55. The fourth-order valence-electron chi connectivity index (χ4n) is 3.30. The maximum Gasteiger partial charge on any atom is 0.270 e. The van der Waals surface area contributed by atoms with E-state index in [0.29, 0.717) is 41.8 Å². The Kier molecular flexibility index (Phi) is 4.96. The normalized spacial score (nSPS) is 14.5. The number of carbonyl (C=O) groups excluding carboxylic acids is 1. The number of carbonyl (C=O) groups is 1. The fraction of sp³-hybridized carbons (Fsp3) is 0.316. The van der Waals surface area contributed by atoms with E-state index in [-0.39, 0.29) is 5.91 Å². The van der Waals surface area contributed by atoms with Crippen molar-refractivity contribution < 1.29 is 9.53 Å². The number of hydrogen-bond acceptors (Lipinski definition) is 5. The predicted octanol–water partition coefficient (Wildman–Crippen LogP) is 2.46. The molecule has 0 atom stereocenters. The summed E-state index contributed by atoms with van der Waals surface area (Å²) in [5, 5.41) is 3.54. The predicted molar refractivity (Wildman–Crippen MR) is 103 cm³/mol. The summed E-state index contributed by atoms with van der Waals surface area (Å²) < 4.78 is 7.13. The topological polar surface area (TPSA) is 71.8 Å². The molecule has 0 aliphatic carbocycles. The van der Waals surface area contributed by atoms with Crippen molar-refractivity contribution in [3.8, 4) is 0 Å². The Morgan fingerprint density at radius 2 is 2.11 bits per heavy atom. The number of halogens is 1. The first-order valence-electron chi connectivity index (χ1n) is 8.82. The molecule has 1 amide bonds. The standard InChI is InChI=1S/C19H20ClN5O2/c1-13-17(25-12-15(20)4-5-16(25)23-13)19(26)22-11-14-3-2-6-21-18(14)24-7-9-27-10-8-24/h2-6,12H,7-11H2,1H3,(H,22,26). The van der Waals surface area contributed by atoms with Crippen molar-refractivity contribution in [2.45, 2.75) is 13.5 Å². The van der Waals surface area contributed by atoms with Crippen LogP contribution in [0.5, 0.6) is 0 Å². The zero-order valence-electron chi connectivity index (χ0n) is 15.0. The van der Waals surface area contributed by atoms with E-state index in [4.69, 9.17) is 16.3 Å². The largest absolute Gasteiger partial charge is 0.378 e. The lowest BCUT2D eigenvalue weighted by Crippen LogP contribution is -2.38. The molecule has 0 bridgehead atoms. The second kappa shape index (κ2) is 7.54. The lowest BCUT2D eigenvalue weighted by molar-refractivity contribution is 0.0944. The first-order chi connectivity index (χ1) is 13.1. The molecule has 1 saturated heterocycles. The van der Waals surface area contributed by atoms with Crippen LogP contribution in [0, 0.1) is 6.92 Å². The molecule has 0 spiro atoms. The smallest absolute Gasteiger partial charge is 0.270 e. The van der Waals surface area contributed by atoms with E-state index in [1.54, 1.807) is 28.9 Å². The minimum Gasteiger partial charge on any atom is -0.378 e. The Hall–Kier alpha value is -2.64. The van der Waals surface area contributed by atoms with E-state index in [1.807, 2.05) is 19.1 Å². The van der Waals surface area contributed by atoms with Crippen molar-refractivity contribution in [2.24, 2.45) is 0 Å². The van der Waals surface area contributed by atoms with Crippen molar-refractivity contribution in [1.29, 1.82) is 0 Å². The molecule has 3 aromatic heterocycles. The van der Waals surface area contributed by atoms with Crippen LogP contribution in [0.1, 0.15) is 21.7 Å². The van der Waals surface area contributed by atoms with E-state index >= 15 is 0 Å². The Morgan fingerprint density at radius 3 is 2.93 bits per heavy atom. The lowest BCUT2D eigenvalue weighted by atomic mass is 10.2. The molecule has 0 saturated carbocycles. The molecule has 4 rings (SSSR count). The quantitative estimate of drug-likeness (QED) is 0.747. The van der Waals surface area contributed by atoms with Crippen LogP contribution in [0.4, 0.5) is 5.82 Å². The summed E-state index contributed by atoms with van der Waals surface area (Å²) in [6, 6.07) is 7.42. The number of hydrogen-bond donors (Lipinski definition) is 1. The van der Waals surface area contributed by atoms with Crippen LogP contribution in [-0.4, -0.2) is 46.6 Å². The highest BCUT2D eigenvalue weighted by Crippen LogP contribution is 2.19. The Labute approximate surface area is 161 Å². The molecule has 27 heavy (non-hydrogen) atoms. The third kappa shape index (κ3) is 3.61. The van der Waals surface area contributed by atoms with E-state index in [0.717, 1.165) is 24.5 Å². The average molecular weight is 386 g/mol. The van der Waals surface area contributed by atoms with Crippen molar-refractivity contribution in [3.05, 3.63) is 58.6 Å². The van der Waals surface area contributed by atoms with E-state index in [1.165, 1.54) is 0 Å². The van der Waals surface area contributed by atoms with Crippen molar-refractivity contribution in [2.75, 3.05) is 31.2 Å².